The number of halogens is 3. The van der Waals surface area contributed by atoms with Crippen LogP contribution in [0.2, 0.25) is 5.28 Å². The fourth-order valence-corrected chi connectivity index (χ4v) is 6.23. The summed E-state index contributed by atoms with van der Waals surface area (Å²) in [5, 5.41) is 17.9. The predicted molar refractivity (Wildman–Crippen MR) is 185 cm³/mol. The number of rotatable bonds is 13. The average Bonchev–Trinajstić information content (AvgIpc) is 3.59. The lowest BCUT2D eigenvalue weighted by Crippen LogP contribution is -2.29. The zero-order chi connectivity index (χ0) is 32.9. The minimum absolute atomic E-state index is 0.0480. The molecule has 0 fully saturated rings. The number of H-pyrrole nitrogens is 1. The molecule has 242 valence electrons. The van der Waals surface area contributed by atoms with Gasteiger partial charge in [0.25, 0.3) is 0 Å². The zero-order valence-corrected chi connectivity index (χ0v) is 28.1. The first kappa shape index (κ1) is 32.4. The average molecular weight is 721 g/mol. The summed E-state index contributed by atoms with van der Waals surface area (Å²) in [6, 6.07) is 19.8. The van der Waals surface area contributed by atoms with Gasteiger partial charge in [-0.25, -0.2) is 14.4 Å². The van der Waals surface area contributed by atoms with Crippen molar-refractivity contribution in [3.05, 3.63) is 105 Å². The van der Waals surface area contributed by atoms with Crippen LogP contribution in [0.25, 0.3) is 21.8 Å². The van der Waals surface area contributed by atoms with Crippen LogP contribution in [-0.2, 0) is 19.6 Å². The summed E-state index contributed by atoms with van der Waals surface area (Å²) in [6.45, 7) is 1.81. The van der Waals surface area contributed by atoms with Gasteiger partial charge < -0.3 is 24.4 Å². The van der Waals surface area contributed by atoms with Crippen molar-refractivity contribution in [3.8, 4) is 11.5 Å². The first-order valence-corrected chi connectivity index (χ1v) is 16.0. The Morgan fingerprint density at radius 3 is 2.17 bits per heavy atom. The molecule has 0 saturated carbocycles. The van der Waals surface area contributed by atoms with Crippen LogP contribution in [0.1, 0.15) is 23.1 Å². The minimum atomic E-state index is -0.561. The smallest absolute Gasteiger partial charge is 0.225 e. The van der Waals surface area contributed by atoms with E-state index in [9.17, 15) is 5.11 Å². The van der Waals surface area contributed by atoms with Crippen molar-refractivity contribution in [2.45, 2.75) is 26.1 Å². The summed E-state index contributed by atoms with van der Waals surface area (Å²) >= 11 is 9.76. The molecule has 0 saturated heterocycles. The van der Waals surface area contributed by atoms with Crippen molar-refractivity contribution in [1.82, 2.24) is 25.1 Å². The summed E-state index contributed by atoms with van der Waals surface area (Å²) in [7, 11) is 3.29. The summed E-state index contributed by atoms with van der Waals surface area (Å²) in [6.07, 6.45) is 3.75. The van der Waals surface area contributed by atoms with Gasteiger partial charge in [-0.15, -0.1) is 0 Å². The Bertz CT molecular complexity index is 1940. The number of hydrogen-bond donors (Lipinski definition) is 2. The molecule has 10 nitrogen and oxygen atoms in total. The van der Waals surface area contributed by atoms with Crippen molar-refractivity contribution < 1.29 is 19.0 Å². The van der Waals surface area contributed by atoms with Crippen LogP contribution >= 0.6 is 27.5 Å². The lowest BCUT2D eigenvalue weighted by atomic mass is 10.1. The molecule has 0 unspecified atom stereocenters. The number of ether oxygens (including phenoxy) is 2. The van der Waals surface area contributed by atoms with Crippen LogP contribution in [0.3, 0.4) is 0 Å². The zero-order valence-electron chi connectivity index (χ0n) is 25.8. The van der Waals surface area contributed by atoms with Gasteiger partial charge >= 0.3 is 0 Å². The molecule has 0 atom stereocenters. The van der Waals surface area contributed by atoms with E-state index in [1.807, 2.05) is 65.6 Å². The van der Waals surface area contributed by atoms with Gasteiger partial charge in [-0.1, -0.05) is 30.3 Å². The van der Waals surface area contributed by atoms with Crippen molar-refractivity contribution in [2.75, 3.05) is 37.2 Å². The van der Waals surface area contributed by atoms with Crippen molar-refractivity contribution in [2.24, 2.45) is 0 Å². The number of nitrogens with one attached hydrogen (secondary N) is 1. The monoisotopic (exact) mass is 719 g/mol. The molecule has 0 radical (unpaired) electrons. The van der Waals surface area contributed by atoms with Gasteiger partial charge in [0.15, 0.2) is 5.82 Å². The number of aromatic nitrogens is 5. The van der Waals surface area contributed by atoms with E-state index in [2.05, 4.69) is 41.0 Å². The predicted octanol–water partition coefficient (Wildman–Crippen LogP) is 7.07. The maximum absolute atomic E-state index is 15.7. The van der Waals surface area contributed by atoms with Gasteiger partial charge in [0.1, 0.15) is 28.7 Å². The molecule has 3 heterocycles. The van der Waals surface area contributed by atoms with E-state index in [1.54, 1.807) is 26.6 Å². The summed E-state index contributed by atoms with van der Waals surface area (Å²) < 4.78 is 26.6. The number of aliphatic hydroxyl groups excluding tert-OH is 1. The highest BCUT2D eigenvalue weighted by Gasteiger charge is 2.25. The van der Waals surface area contributed by atoms with Crippen molar-refractivity contribution in [3.63, 3.8) is 0 Å². The number of methoxy groups -OCH3 is 2. The molecule has 0 bridgehead atoms. The number of aromatic amines is 1. The SMILES string of the molecule is COc1ccc(CN(Cc2ccc(OC)cc2)c2ncccc2CN(CCCO)c2nc(Cl)nc3c(F)c(Br)c4cn[nH]c4c23)cc1. The Hall–Kier alpha value is -4.52. The Balaban J connectivity index is 1.44. The maximum Gasteiger partial charge on any atom is 0.225 e. The standard InChI is InChI=1S/C34H32BrClFN7O3/c1-46-24-10-6-21(7-11-24)18-44(19-22-8-12-25(47-2)13-9-22)32-23(5-3-14-38-32)20-43(15-4-16-45)33-27-30-26(17-39-42-30)28(35)29(37)31(27)40-34(36)41-33/h3,5-14,17,45H,4,15-16,18-20H2,1-2H3,(H,39,42). The lowest BCUT2D eigenvalue weighted by Gasteiger charge is -2.30. The van der Waals surface area contributed by atoms with Crippen LogP contribution < -0.4 is 19.3 Å². The Morgan fingerprint density at radius 1 is 0.894 bits per heavy atom. The van der Waals surface area contributed by atoms with E-state index < -0.39 is 5.82 Å². The number of nitrogens with zero attached hydrogens (tertiary/aromatic N) is 6. The highest BCUT2D eigenvalue weighted by atomic mass is 79.9. The molecule has 0 spiro atoms. The molecule has 47 heavy (non-hydrogen) atoms. The number of benzene rings is 3. The molecule has 0 aliphatic heterocycles. The Labute approximate surface area is 284 Å². The molecule has 0 aliphatic carbocycles. The van der Waals surface area contributed by atoms with Crippen LogP contribution in [0.4, 0.5) is 16.0 Å². The molecule has 3 aromatic heterocycles. The molecule has 6 aromatic rings. The first-order valence-electron chi connectivity index (χ1n) is 14.9. The second kappa shape index (κ2) is 14.5. The summed E-state index contributed by atoms with van der Waals surface area (Å²) in [5.41, 5.74) is 3.67. The van der Waals surface area contributed by atoms with Crippen molar-refractivity contribution >= 4 is 61.0 Å². The normalized spacial score (nSPS) is 11.3. The summed E-state index contributed by atoms with van der Waals surface area (Å²) in [4.78, 5) is 17.9. The van der Waals surface area contributed by atoms with Gasteiger partial charge in [0.05, 0.1) is 35.8 Å². The quantitative estimate of drug-likeness (QED) is 0.121. The molecule has 2 N–H and O–H groups in total. The van der Waals surface area contributed by atoms with E-state index in [1.165, 1.54) is 0 Å². The van der Waals surface area contributed by atoms with Crippen LogP contribution in [0, 0.1) is 5.82 Å². The Kier molecular flexibility index (Phi) is 10.00. The molecular weight excluding hydrogens is 689 g/mol. The molecule has 13 heteroatoms. The molecular formula is C34H32BrClFN7O3. The first-order chi connectivity index (χ1) is 22.9. The minimum Gasteiger partial charge on any atom is -0.497 e. The lowest BCUT2D eigenvalue weighted by molar-refractivity contribution is 0.289. The van der Waals surface area contributed by atoms with Crippen molar-refractivity contribution in [1.29, 1.82) is 0 Å². The second-order valence-corrected chi connectivity index (χ2v) is 12.0. The fraction of sp³-hybridized carbons (Fsp3) is 0.235. The van der Waals surface area contributed by atoms with E-state index in [4.69, 9.17) is 26.1 Å². The van der Waals surface area contributed by atoms with Gasteiger partial charge in [0, 0.05) is 49.9 Å². The molecule has 6 rings (SSSR count). The number of pyridine rings is 1. The van der Waals surface area contributed by atoms with E-state index in [-0.39, 0.29) is 21.9 Å². The van der Waals surface area contributed by atoms with Gasteiger partial charge in [-0.2, -0.15) is 10.1 Å². The number of hydrogen-bond acceptors (Lipinski definition) is 9. The topological polar surface area (TPSA) is 113 Å². The molecule has 0 amide bonds. The number of anilines is 2. The summed E-state index contributed by atoms with van der Waals surface area (Å²) in [5.74, 6) is 2.17. The van der Waals surface area contributed by atoms with Crippen LogP contribution in [0.5, 0.6) is 11.5 Å². The highest BCUT2D eigenvalue weighted by molar-refractivity contribution is 9.10. The van der Waals surface area contributed by atoms with E-state index in [0.717, 1.165) is 34.0 Å². The molecule has 0 aliphatic rings. The van der Waals surface area contributed by atoms with Crippen LogP contribution in [0.15, 0.2) is 77.5 Å². The van der Waals surface area contributed by atoms with E-state index in [0.29, 0.717) is 54.7 Å². The van der Waals surface area contributed by atoms with Gasteiger partial charge in [-0.05, 0) is 75.4 Å². The second-order valence-electron chi connectivity index (χ2n) is 10.9. The number of fused-ring (bicyclic) bond motifs is 3. The number of aliphatic hydroxyl groups is 1. The third-order valence-electron chi connectivity index (χ3n) is 7.87. The highest BCUT2D eigenvalue weighted by Crippen LogP contribution is 2.39. The third kappa shape index (κ3) is 6.95. The third-order valence-corrected chi connectivity index (χ3v) is 8.81. The molecule has 3 aromatic carbocycles. The van der Waals surface area contributed by atoms with Crippen LogP contribution in [-0.4, -0.2) is 57.6 Å². The fourth-order valence-electron chi connectivity index (χ4n) is 5.58. The largest absolute Gasteiger partial charge is 0.497 e. The van der Waals surface area contributed by atoms with Gasteiger partial charge in [0.2, 0.25) is 5.28 Å². The van der Waals surface area contributed by atoms with Gasteiger partial charge in [-0.3, -0.25) is 5.10 Å². The maximum atomic E-state index is 15.7. The Morgan fingerprint density at radius 2 is 1.55 bits per heavy atom. The van der Waals surface area contributed by atoms with E-state index >= 15 is 4.39 Å².